The van der Waals surface area contributed by atoms with Crippen LogP contribution in [-0.2, 0) is 16.0 Å². The first-order valence-electron chi connectivity index (χ1n) is 9.14. The zero-order chi connectivity index (χ0) is 19.5. The molecule has 1 aliphatic heterocycles. The smallest absolute Gasteiger partial charge is 0.265 e. The number of anilines is 2. The third kappa shape index (κ3) is 3.91. The Hall–Kier alpha value is -3.54. The van der Waals surface area contributed by atoms with Gasteiger partial charge in [0.15, 0.2) is 6.10 Å². The largest absolute Gasteiger partial charge is 0.479 e. The number of benzene rings is 2. The normalized spacial score (nSPS) is 15.3. The molecule has 1 atom stereocenters. The van der Waals surface area contributed by atoms with Crippen molar-refractivity contribution in [2.24, 2.45) is 0 Å². The molecule has 1 aliphatic rings. The molecule has 0 bridgehead atoms. The van der Waals surface area contributed by atoms with Crippen molar-refractivity contribution in [2.75, 3.05) is 10.6 Å². The summed E-state index contributed by atoms with van der Waals surface area (Å²) in [7, 11) is 0. The van der Waals surface area contributed by atoms with Gasteiger partial charge in [-0.15, -0.1) is 0 Å². The number of ether oxygens (including phenoxy) is 1. The number of amides is 2. The average Bonchev–Trinajstić information content (AvgIpc) is 3.17. The van der Waals surface area contributed by atoms with Gasteiger partial charge in [-0.2, -0.15) is 0 Å². The molecular weight excluding hydrogens is 356 g/mol. The van der Waals surface area contributed by atoms with Gasteiger partial charge in [-0.3, -0.25) is 9.59 Å². The molecule has 4 rings (SSSR count). The second kappa shape index (κ2) is 7.60. The monoisotopic (exact) mass is 376 g/mol. The third-order valence-corrected chi connectivity index (χ3v) is 4.51. The first kappa shape index (κ1) is 17.9. The van der Waals surface area contributed by atoms with Crippen molar-refractivity contribution in [3.8, 4) is 17.1 Å². The van der Waals surface area contributed by atoms with Crippen molar-refractivity contribution in [2.45, 2.75) is 25.9 Å². The van der Waals surface area contributed by atoms with Gasteiger partial charge in [-0.25, -0.2) is 0 Å². The van der Waals surface area contributed by atoms with Gasteiger partial charge >= 0.3 is 0 Å². The fourth-order valence-corrected chi connectivity index (χ4v) is 3.02. The lowest BCUT2D eigenvalue weighted by atomic mass is 10.2. The molecule has 0 spiro atoms. The average molecular weight is 376 g/mol. The lowest BCUT2D eigenvalue weighted by molar-refractivity contribution is -0.122. The van der Waals surface area contributed by atoms with Crippen molar-refractivity contribution in [3.63, 3.8) is 0 Å². The number of rotatable bonds is 5. The fourth-order valence-electron chi connectivity index (χ4n) is 3.02. The fraction of sp³-hybridized carbons (Fsp3) is 0.182. The van der Waals surface area contributed by atoms with Crippen LogP contribution in [0.3, 0.4) is 0 Å². The number of carbonyl (C=O) groups excluding carboxylic acids is 2. The lowest BCUT2D eigenvalue weighted by Gasteiger charge is -2.23. The Balaban J connectivity index is 1.35. The molecule has 0 saturated carbocycles. The van der Waals surface area contributed by atoms with Crippen LogP contribution < -0.4 is 15.4 Å². The second-order valence-corrected chi connectivity index (χ2v) is 6.64. The maximum absolute atomic E-state index is 12.3. The number of aryl methyl sites for hydroxylation is 1. The van der Waals surface area contributed by atoms with Crippen LogP contribution in [0.4, 0.5) is 11.4 Å². The van der Waals surface area contributed by atoms with Crippen LogP contribution in [0.25, 0.3) is 11.3 Å². The minimum Gasteiger partial charge on any atom is -0.479 e. The molecule has 2 amide bonds. The Morgan fingerprint density at radius 1 is 1.11 bits per heavy atom. The van der Waals surface area contributed by atoms with Crippen molar-refractivity contribution >= 4 is 23.2 Å². The van der Waals surface area contributed by atoms with Gasteiger partial charge in [-0.1, -0.05) is 30.3 Å². The summed E-state index contributed by atoms with van der Waals surface area (Å²) in [5.41, 5.74) is 2.16. The highest BCUT2D eigenvalue weighted by molar-refractivity contribution is 5.99. The second-order valence-electron chi connectivity index (χ2n) is 6.64. The van der Waals surface area contributed by atoms with E-state index in [9.17, 15) is 9.59 Å². The van der Waals surface area contributed by atoms with Gasteiger partial charge in [-0.05, 0) is 37.3 Å². The maximum atomic E-state index is 12.3. The van der Waals surface area contributed by atoms with E-state index in [1.807, 2.05) is 42.5 Å². The molecule has 2 N–H and O–H groups in total. The minimum absolute atomic E-state index is 0.131. The van der Waals surface area contributed by atoms with Crippen LogP contribution in [-0.4, -0.2) is 17.9 Å². The Morgan fingerprint density at radius 2 is 1.93 bits per heavy atom. The van der Waals surface area contributed by atoms with Crippen LogP contribution in [0.5, 0.6) is 5.75 Å². The Labute approximate surface area is 162 Å². The van der Waals surface area contributed by atoms with Crippen molar-refractivity contribution in [1.82, 2.24) is 0 Å². The molecule has 0 radical (unpaired) electrons. The third-order valence-electron chi connectivity index (χ3n) is 4.51. The summed E-state index contributed by atoms with van der Waals surface area (Å²) in [6.45, 7) is 1.69. The van der Waals surface area contributed by atoms with Crippen LogP contribution in [0.15, 0.2) is 65.1 Å². The van der Waals surface area contributed by atoms with E-state index in [2.05, 4.69) is 10.6 Å². The molecular formula is C22H20N2O4. The summed E-state index contributed by atoms with van der Waals surface area (Å²) in [6, 6.07) is 18.8. The topological polar surface area (TPSA) is 80.6 Å². The van der Waals surface area contributed by atoms with Gasteiger partial charge in [0.2, 0.25) is 5.91 Å². The zero-order valence-corrected chi connectivity index (χ0v) is 15.4. The van der Waals surface area contributed by atoms with Crippen LogP contribution in [0.2, 0.25) is 0 Å². The summed E-state index contributed by atoms with van der Waals surface area (Å²) in [5.74, 6) is 1.80. The van der Waals surface area contributed by atoms with Gasteiger partial charge in [0.1, 0.15) is 17.3 Å². The molecule has 0 aliphatic carbocycles. The molecule has 0 saturated heterocycles. The van der Waals surface area contributed by atoms with Gasteiger partial charge in [0.05, 0.1) is 5.69 Å². The molecule has 3 aromatic rings. The molecule has 28 heavy (non-hydrogen) atoms. The van der Waals surface area contributed by atoms with E-state index in [0.29, 0.717) is 30.0 Å². The van der Waals surface area contributed by atoms with E-state index < -0.39 is 6.10 Å². The van der Waals surface area contributed by atoms with E-state index in [1.165, 1.54) is 0 Å². The van der Waals surface area contributed by atoms with Gasteiger partial charge < -0.3 is 19.8 Å². The highest BCUT2D eigenvalue weighted by Crippen LogP contribution is 2.32. The van der Waals surface area contributed by atoms with Crippen molar-refractivity contribution in [1.29, 1.82) is 0 Å². The molecule has 6 nitrogen and oxygen atoms in total. The van der Waals surface area contributed by atoms with E-state index in [1.54, 1.807) is 25.1 Å². The molecule has 1 unspecified atom stereocenters. The summed E-state index contributed by atoms with van der Waals surface area (Å²) in [6.07, 6.45) is 0.265. The number of hydrogen-bond acceptors (Lipinski definition) is 4. The standard InChI is InChI=1S/C22H20N2O4/c1-14-22(26)24-18-13-16(7-10-20(18)27-14)23-21(25)12-9-17-8-11-19(28-17)15-5-3-2-4-6-15/h2-8,10-11,13-14H,9,12H2,1H3,(H,23,25)(H,24,26). The minimum atomic E-state index is -0.526. The van der Waals surface area contributed by atoms with Crippen LogP contribution in [0, 0.1) is 0 Å². The quantitative estimate of drug-likeness (QED) is 0.698. The van der Waals surface area contributed by atoms with Gasteiger partial charge in [0.25, 0.3) is 5.91 Å². The summed E-state index contributed by atoms with van der Waals surface area (Å²) in [5, 5.41) is 5.61. The molecule has 2 heterocycles. The summed E-state index contributed by atoms with van der Waals surface area (Å²) >= 11 is 0. The van der Waals surface area contributed by atoms with Crippen LogP contribution in [0.1, 0.15) is 19.1 Å². The molecule has 6 heteroatoms. The van der Waals surface area contributed by atoms with Crippen molar-refractivity contribution < 1.29 is 18.7 Å². The van der Waals surface area contributed by atoms with Gasteiger partial charge in [0, 0.05) is 24.1 Å². The number of fused-ring (bicyclic) bond motifs is 1. The van der Waals surface area contributed by atoms with Crippen LogP contribution >= 0.6 is 0 Å². The predicted octanol–water partition coefficient (Wildman–Crippen LogP) is 4.24. The zero-order valence-electron chi connectivity index (χ0n) is 15.4. The predicted molar refractivity (Wildman–Crippen MR) is 106 cm³/mol. The maximum Gasteiger partial charge on any atom is 0.265 e. The highest BCUT2D eigenvalue weighted by Gasteiger charge is 2.23. The highest BCUT2D eigenvalue weighted by atomic mass is 16.5. The van der Waals surface area contributed by atoms with E-state index in [-0.39, 0.29) is 11.8 Å². The molecule has 142 valence electrons. The number of nitrogens with one attached hydrogen (secondary N) is 2. The number of carbonyl (C=O) groups is 2. The molecule has 2 aromatic carbocycles. The first-order valence-corrected chi connectivity index (χ1v) is 9.14. The van der Waals surface area contributed by atoms with E-state index >= 15 is 0 Å². The number of furan rings is 1. The Morgan fingerprint density at radius 3 is 2.75 bits per heavy atom. The molecule has 0 fully saturated rings. The SMILES string of the molecule is CC1Oc2ccc(NC(=O)CCc3ccc(-c4ccccc4)o3)cc2NC1=O. The lowest BCUT2D eigenvalue weighted by Crippen LogP contribution is -2.34. The van der Waals surface area contributed by atoms with Crippen molar-refractivity contribution in [3.05, 3.63) is 66.4 Å². The molecule has 1 aromatic heterocycles. The summed E-state index contributed by atoms with van der Waals surface area (Å²) in [4.78, 5) is 24.0. The summed E-state index contributed by atoms with van der Waals surface area (Å²) < 4.78 is 11.3. The van der Waals surface area contributed by atoms with E-state index in [0.717, 1.165) is 17.1 Å². The number of hydrogen-bond donors (Lipinski definition) is 2. The van der Waals surface area contributed by atoms with E-state index in [4.69, 9.17) is 9.15 Å². The Kier molecular flexibility index (Phi) is 4.85. The Bertz CT molecular complexity index is 1010. The first-order chi connectivity index (χ1) is 13.6.